The molecule has 1 aliphatic carbocycles. The Balaban J connectivity index is 2.41. The Morgan fingerprint density at radius 2 is 2.00 bits per heavy atom. The average Bonchev–Trinajstić information content (AvgIpc) is 2.18. The number of alkyl halides is 3. The molecule has 1 rings (SSSR count). The third kappa shape index (κ3) is 3.35. The first kappa shape index (κ1) is 12.2. The fourth-order valence-electron chi connectivity index (χ4n) is 1.97. The molecule has 0 atom stereocenters. The van der Waals surface area contributed by atoms with Crippen LogP contribution in [0, 0.1) is 5.92 Å². The Bertz CT molecular complexity index is 168. The fraction of sp³-hybridized carbons (Fsp3) is 1.00. The molecular weight excluding hydrogens is 208 g/mol. The number of halogens is 3. The molecule has 14 heavy (non-hydrogen) atoms. The van der Waals surface area contributed by atoms with Gasteiger partial charge in [-0.25, -0.2) is 8.78 Å². The van der Waals surface area contributed by atoms with E-state index in [2.05, 4.69) is 12.2 Å². The molecule has 0 saturated heterocycles. The third-order valence-corrected chi connectivity index (χ3v) is 3.63. The van der Waals surface area contributed by atoms with Crippen LogP contribution in [0.1, 0.15) is 32.6 Å². The maximum Gasteiger partial charge on any atom is 0.250 e. The van der Waals surface area contributed by atoms with Gasteiger partial charge in [-0.15, -0.1) is 11.6 Å². The molecule has 0 bridgehead atoms. The summed E-state index contributed by atoms with van der Waals surface area (Å²) in [6.07, 6.45) is 1.73. The summed E-state index contributed by atoms with van der Waals surface area (Å²) in [5.41, 5.74) is -0.232. The van der Waals surface area contributed by atoms with Crippen LogP contribution in [0.5, 0.6) is 0 Å². The van der Waals surface area contributed by atoms with E-state index in [1.165, 1.54) is 0 Å². The Morgan fingerprint density at radius 1 is 1.43 bits per heavy atom. The smallest absolute Gasteiger partial charge is 0.250 e. The highest BCUT2D eigenvalue weighted by atomic mass is 35.5. The molecule has 0 unspecified atom stereocenters. The van der Waals surface area contributed by atoms with Gasteiger partial charge in [0, 0.05) is 11.4 Å². The lowest BCUT2D eigenvalue weighted by molar-refractivity contribution is 0.118. The summed E-state index contributed by atoms with van der Waals surface area (Å²) in [5.74, 6) is 1.14. The highest BCUT2D eigenvalue weighted by molar-refractivity contribution is 6.18. The predicted molar refractivity (Wildman–Crippen MR) is 55.1 cm³/mol. The average molecular weight is 226 g/mol. The van der Waals surface area contributed by atoms with E-state index in [-0.39, 0.29) is 12.1 Å². The minimum absolute atomic E-state index is 0.232. The van der Waals surface area contributed by atoms with Crippen LogP contribution in [0.2, 0.25) is 0 Å². The van der Waals surface area contributed by atoms with Gasteiger partial charge >= 0.3 is 0 Å². The first-order valence-corrected chi connectivity index (χ1v) is 5.70. The zero-order chi connectivity index (χ0) is 10.6. The molecule has 1 saturated carbocycles. The number of rotatable bonds is 4. The van der Waals surface area contributed by atoms with Gasteiger partial charge in [-0.2, -0.15) is 0 Å². The van der Waals surface area contributed by atoms with Crippen molar-refractivity contribution in [3.05, 3.63) is 0 Å². The topological polar surface area (TPSA) is 12.0 Å². The van der Waals surface area contributed by atoms with Crippen molar-refractivity contribution in [2.24, 2.45) is 5.92 Å². The van der Waals surface area contributed by atoms with Gasteiger partial charge < -0.3 is 5.32 Å². The predicted octanol–water partition coefficient (Wildman–Crippen LogP) is 3.03. The number of hydrogen-bond donors (Lipinski definition) is 1. The van der Waals surface area contributed by atoms with Crippen LogP contribution in [-0.4, -0.2) is 24.4 Å². The van der Waals surface area contributed by atoms with Crippen LogP contribution in [0.15, 0.2) is 0 Å². The SMILES string of the molecule is CC1CCC(CCl)(NCC(F)F)CC1. The lowest BCUT2D eigenvalue weighted by Gasteiger charge is -2.39. The van der Waals surface area contributed by atoms with Gasteiger partial charge in [0.1, 0.15) is 0 Å². The van der Waals surface area contributed by atoms with E-state index < -0.39 is 6.43 Å². The van der Waals surface area contributed by atoms with Crippen molar-refractivity contribution in [1.29, 1.82) is 0 Å². The summed E-state index contributed by atoms with van der Waals surface area (Å²) in [6, 6.07) is 0. The first-order valence-electron chi connectivity index (χ1n) is 5.17. The zero-order valence-electron chi connectivity index (χ0n) is 8.53. The van der Waals surface area contributed by atoms with Crippen molar-refractivity contribution in [3.8, 4) is 0 Å². The minimum atomic E-state index is -2.28. The lowest BCUT2D eigenvalue weighted by atomic mass is 9.78. The van der Waals surface area contributed by atoms with Crippen molar-refractivity contribution >= 4 is 11.6 Å². The molecule has 0 aromatic heterocycles. The zero-order valence-corrected chi connectivity index (χ0v) is 9.29. The van der Waals surface area contributed by atoms with Gasteiger partial charge in [0.2, 0.25) is 0 Å². The second-order valence-electron chi connectivity index (χ2n) is 4.37. The summed E-state index contributed by atoms with van der Waals surface area (Å²) >= 11 is 5.86. The van der Waals surface area contributed by atoms with E-state index in [9.17, 15) is 8.78 Å². The van der Waals surface area contributed by atoms with Crippen molar-refractivity contribution in [3.63, 3.8) is 0 Å². The summed E-state index contributed by atoms with van der Waals surface area (Å²) < 4.78 is 24.1. The second kappa shape index (κ2) is 5.26. The maximum atomic E-state index is 12.1. The summed E-state index contributed by atoms with van der Waals surface area (Å²) in [7, 11) is 0. The van der Waals surface area contributed by atoms with Crippen molar-refractivity contribution in [1.82, 2.24) is 5.32 Å². The second-order valence-corrected chi connectivity index (χ2v) is 4.64. The Hall–Kier alpha value is 0.110. The van der Waals surface area contributed by atoms with Gasteiger partial charge in [-0.3, -0.25) is 0 Å². The lowest BCUT2D eigenvalue weighted by Crippen LogP contribution is -2.51. The van der Waals surface area contributed by atoms with Crippen LogP contribution >= 0.6 is 11.6 Å². The highest BCUT2D eigenvalue weighted by Gasteiger charge is 2.33. The quantitative estimate of drug-likeness (QED) is 0.726. The molecule has 1 fully saturated rings. The molecule has 1 nitrogen and oxygen atoms in total. The Morgan fingerprint density at radius 3 is 2.43 bits per heavy atom. The van der Waals surface area contributed by atoms with Crippen molar-refractivity contribution in [2.45, 2.75) is 44.6 Å². The number of hydrogen-bond acceptors (Lipinski definition) is 1. The largest absolute Gasteiger partial charge is 0.305 e. The number of nitrogens with one attached hydrogen (secondary N) is 1. The minimum Gasteiger partial charge on any atom is -0.305 e. The normalized spacial score (nSPS) is 33.6. The molecule has 0 aromatic rings. The van der Waals surface area contributed by atoms with E-state index in [0.717, 1.165) is 25.7 Å². The van der Waals surface area contributed by atoms with Crippen LogP contribution in [0.3, 0.4) is 0 Å². The molecule has 4 heteroatoms. The van der Waals surface area contributed by atoms with Crippen LogP contribution < -0.4 is 5.32 Å². The van der Waals surface area contributed by atoms with Crippen molar-refractivity contribution in [2.75, 3.05) is 12.4 Å². The molecule has 0 spiro atoms. The highest BCUT2D eigenvalue weighted by Crippen LogP contribution is 2.32. The molecule has 0 amide bonds. The van der Waals surface area contributed by atoms with Crippen LogP contribution in [0.25, 0.3) is 0 Å². The van der Waals surface area contributed by atoms with E-state index in [1.54, 1.807) is 0 Å². The molecule has 1 N–H and O–H groups in total. The van der Waals surface area contributed by atoms with E-state index in [0.29, 0.717) is 11.8 Å². The standard InChI is InChI=1S/C10H18ClF2N/c1-8-2-4-10(7-11,5-3-8)14-6-9(12)13/h8-9,14H,2-7H2,1H3. The summed E-state index contributed by atoms with van der Waals surface area (Å²) in [5, 5.41) is 2.92. The van der Waals surface area contributed by atoms with E-state index in [1.807, 2.05) is 0 Å². The third-order valence-electron chi connectivity index (χ3n) is 3.12. The molecule has 0 radical (unpaired) electrons. The molecule has 0 aromatic carbocycles. The monoisotopic (exact) mass is 225 g/mol. The summed E-state index contributed by atoms with van der Waals surface area (Å²) in [4.78, 5) is 0. The molecule has 84 valence electrons. The van der Waals surface area contributed by atoms with Crippen molar-refractivity contribution < 1.29 is 8.78 Å². The molecular formula is C10H18ClF2N. The van der Waals surface area contributed by atoms with E-state index in [4.69, 9.17) is 11.6 Å². The maximum absolute atomic E-state index is 12.1. The van der Waals surface area contributed by atoms with Gasteiger partial charge in [0.15, 0.2) is 0 Å². The van der Waals surface area contributed by atoms with Crippen LogP contribution in [-0.2, 0) is 0 Å². The fourth-order valence-corrected chi connectivity index (χ4v) is 2.33. The molecule has 0 heterocycles. The van der Waals surface area contributed by atoms with Gasteiger partial charge in [0.05, 0.1) is 6.54 Å². The van der Waals surface area contributed by atoms with Gasteiger partial charge in [-0.1, -0.05) is 6.92 Å². The summed E-state index contributed by atoms with van der Waals surface area (Å²) in [6.45, 7) is 1.96. The van der Waals surface area contributed by atoms with E-state index >= 15 is 0 Å². The van der Waals surface area contributed by atoms with Gasteiger partial charge in [0.25, 0.3) is 6.43 Å². The van der Waals surface area contributed by atoms with Crippen LogP contribution in [0.4, 0.5) is 8.78 Å². The molecule has 0 aliphatic heterocycles. The Kier molecular flexibility index (Phi) is 4.58. The van der Waals surface area contributed by atoms with Gasteiger partial charge in [-0.05, 0) is 31.6 Å². The first-order chi connectivity index (χ1) is 6.58. The Labute approximate surface area is 89.2 Å². The molecule has 1 aliphatic rings.